The predicted molar refractivity (Wildman–Crippen MR) is 108 cm³/mol. The second-order valence-corrected chi connectivity index (χ2v) is 7.85. The highest BCUT2D eigenvalue weighted by Gasteiger charge is 2.21. The molecule has 0 aliphatic carbocycles. The summed E-state index contributed by atoms with van der Waals surface area (Å²) in [5, 5.41) is 0. The van der Waals surface area contributed by atoms with Crippen LogP contribution in [0.1, 0.15) is 48.7 Å². The van der Waals surface area contributed by atoms with Gasteiger partial charge >= 0.3 is 0 Å². The van der Waals surface area contributed by atoms with Gasteiger partial charge in [0.2, 0.25) is 5.78 Å². The molecular weight excluding hydrogens is 338 g/mol. The lowest BCUT2D eigenvalue weighted by atomic mass is 9.86. The van der Waals surface area contributed by atoms with Gasteiger partial charge in [-0.1, -0.05) is 63.2 Å². The van der Waals surface area contributed by atoms with E-state index in [0.29, 0.717) is 25.1 Å². The Labute approximate surface area is 162 Å². The number of ketones is 1. The monoisotopic (exact) mass is 367 g/mol. The molecular formula is C23H29NO3. The maximum absolute atomic E-state index is 12.4. The molecule has 0 N–H and O–H groups in total. The fourth-order valence-electron chi connectivity index (χ4n) is 2.72. The zero-order chi connectivity index (χ0) is 20.0. The van der Waals surface area contributed by atoms with E-state index >= 15 is 0 Å². The van der Waals surface area contributed by atoms with Gasteiger partial charge in [0.1, 0.15) is 5.75 Å². The number of nitrogens with zero attached hydrogens (tertiary/aromatic N) is 1. The molecule has 0 fully saturated rings. The number of carbonyl (C=O) groups is 2. The molecule has 0 aliphatic rings. The van der Waals surface area contributed by atoms with Crippen LogP contribution < -0.4 is 4.74 Å². The molecule has 0 radical (unpaired) electrons. The predicted octanol–water partition coefficient (Wildman–Crippen LogP) is 4.40. The summed E-state index contributed by atoms with van der Waals surface area (Å²) in [7, 11) is 1.65. The summed E-state index contributed by atoms with van der Waals surface area (Å²) in [5.41, 5.74) is 2.65. The number of amides is 1. The summed E-state index contributed by atoms with van der Waals surface area (Å²) in [6.07, 6.45) is 0.660. The van der Waals surface area contributed by atoms with E-state index in [9.17, 15) is 9.59 Å². The molecule has 0 atom stereocenters. The first-order chi connectivity index (χ1) is 12.7. The third-order valence-electron chi connectivity index (χ3n) is 4.54. The number of benzene rings is 2. The summed E-state index contributed by atoms with van der Waals surface area (Å²) < 4.78 is 5.73. The van der Waals surface area contributed by atoms with Crippen LogP contribution in [0, 0.1) is 6.92 Å². The van der Waals surface area contributed by atoms with E-state index in [1.54, 1.807) is 19.2 Å². The van der Waals surface area contributed by atoms with Gasteiger partial charge in [-0.05, 0) is 36.0 Å². The van der Waals surface area contributed by atoms with E-state index in [4.69, 9.17) is 4.74 Å². The van der Waals surface area contributed by atoms with Crippen LogP contribution in [0.3, 0.4) is 0 Å². The molecule has 0 aromatic heterocycles. The smallest absolute Gasteiger partial charge is 0.294 e. The standard InChI is InChI=1S/C23H29NO3/c1-17-9-6-7-10-20(17)27-16-8-15-24(5)22(26)21(25)18-11-13-19(14-12-18)23(2,3)4/h6-7,9-14H,8,15-16H2,1-5H3. The molecule has 0 saturated heterocycles. The van der Waals surface area contributed by atoms with Crippen LogP contribution in [0.2, 0.25) is 0 Å². The Kier molecular flexibility index (Phi) is 6.78. The number of carbonyl (C=O) groups excluding carboxylic acids is 2. The number of likely N-dealkylation sites (N-methyl/N-ethyl adjacent to an activating group) is 1. The Hall–Kier alpha value is -2.62. The molecule has 0 aliphatic heterocycles. The summed E-state index contributed by atoms with van der Waals surface area (Å²) in [6.45, 7) is 9.30. The average molecular weight is 367 g/mol. The number of ether oxygens (including phenoxy) is 1. The van der Waals surface area contributed by atoms with Gasteiger partial charge in [0, 0.05) is 19.2 Å². The minimum absolute atomic E-state index is 0.0134. The Morgan fingerprint density at radius 3 is 2.22 bits per heavy atom. The number of hydrogen-bond donors (Lipinski definition) is 0. The van der Waals surface area contributed by atoms with Crippen LogP contribution in [0.15, 0.2) is 48.5 Å². The molecule has 0 heterocycles. The van der Waals surface area contributed by atoms with Crippen LogP contribution in [-0.4, -0.2) is 36.8 Å². The molecule has 4 heteroatoms. The number of rotatable bonds is 7. The quantitative estimate of drug-likeness (QED) is 0.414. The maximum Gasteiger partial charge on any atom is 0.294 e. The molecule has 2 rings (SSSR count). The SMILES string of the molecule is Cc1ccccc1OCCCN(C)C(=O)C(=O)c1ccc(C(C)(C)C)cc1. The Morgan fingerprint density at radius 1 is 1.00 bits per heavy atom. The van der Waals surface area contributed by atoms with E-state index in [0.717, 1.165) is 16.9 Å². The van der Waals surface area contributed by atoms with Crippen LogP contribution in [-0.2, 0) is 10.2 Å². The molecule has 0 unspecified atom stereocenters. The van der Waals surface area contributed by atoms with Crippen molar-refractivity contribution in [2.75, 3.05) is 20.2 Å². The third kappa shape index (κ3) is 5.68. The van der Waals surface area contributed by atoms with Crippen LogP contribution in [0.4, 0.5) is 0 Å². The lowest BCUT2D eigenvalue weighted by Crippen LogP contribution is -2.34. The highest BCUT2D eigenvalue weighted by Crippen LogP contribution is 2.22. The largest absolute Gasteiger partial charge is 0.493 e. The Bertz CT molecular complexity index is 788. The first-order valence-electron chi connectivity index (χ1n) is 9.29. The van der Waals surface area contributed by atoms with Crippen molar-refractivity contribution >= 4 is 11.7 Å². The van der Waals surface area contributed by atoms with Crippen molar-refractivity contribution in [1.29, 1.82) is 0 Å². The van der Waals surface area contributed by atoms with Crippen LogP contribution in [0.25, 0.3) is 0 Å². The van der Waals surface area contributed by atoms with E-state index in [2.05, 4.69) is 20.8 Å². The normalized spacial score (nSPS) is 11.1. The lowest BCUT2D eigenvalue weighted by Gasteiger charge is -2.19. The minimum atomic E-state index is -0.491. The molecule has 1 amide bonds. The van der Waals surface area contributed by atoms with Crippen molar-refractivity contribution in [2.24, 2.45) is 0 Å². The van der Waals surface area contributed by atoms with E-state index in [-0.39, 0.29) is 5.41 Å². The van der Waals surface area contributed by atoms with Gasteiger partial charge in [0.15, 0.2) is 0 Å². The summed E-state index contributed by atoms with van der Waals surface area (Å²) >= 11 is 0. The van der Waals surface area contributed by atoms with Gasteiger partial charge in [0.05, 0.1) is 6.61 Å². The van der Waals surface area contributed by atoms with Gasteiger partial charge in [0.25, 0.3) is 5.91 Å². The average Bonchev–Trinajstić information content (AvgIpc) is 2.64. The molecule has 2 aromatic rings. The van der Waals surface area contributed by atoms with Crippen molar-refractivity contribution in [3.05, 3.63) is 65.2 Å². The molecule has 0 bridgehead atoms. The lowest BCUT2D eigenvalue weighted by molar-refractivity contribution is -0.125. The Morgan fingerprint density at radius 2 is 1.63 bits per heavy atom. The van der Waals surface area contributed by atoms with Gasteiger partial charge in [-0.2, -0.15) is 0 Å². The van der Waals surface area contributed by atoms with E-state index in [1.165, 1.54) is 4.90 Å². The second kappa shape index (κ2) is 8.85. The zero-order valence-corrected chi connectivity index (χ0v) is 16.9. The first kappa shape index (κ1) is 20.7. The fraction of sp³-hybridized carbons (Fsp3) is 0.391. The van der Waals surface area contributed by atoms with E-state index in [1.807, 2.05) is 43.3 Å². The summed E-state index contributed by atoms with van der Waals surface area (Å²) in [6, 6.07) is 15.1. The molecule has 27 heavy (non-hydrogen) atoms. The number of hydrogen-bond acceptors (Lipinski definition) is 3. The van der Waals surface area contributed by atoms with E-state index < -0.39 is 11.7 Å². The second-order valence-electron chi connectivity index (χ2n) is 7.85. The van der Waals surface area contributed by atoms with Crippen molar-refractivity contribution in [1.82, 2.24) is 4.90 Å². The topological polar surface area (TPSA) is 46.6 Å². The maximum atomic E-state index is 12.4. The van der Waals surface area contributed by atoms with Gasteiger partial charge in [-0.25, -0.2) is 0 Å². The van der Waals surface area contributed by atoms with Crippen molar-refractivity contribution in [2.45, 2.75) is 39.5 Å². The molecule has 2 aromatic carbocycles. The highest BCUT2D eigenvalue weighted by atomic mass is 16.5. The zero-order valence-electron chi connectivity index (χ0n) is 16.9. The summed E-state index contributed by atoms with van der Waals surface area (Å²) in [5.74, 6) is -0.117. The highest BCUT2D eigenvalue weighted by molar-refractivity contribution is 6.42. The molecule has 0 saturated carbocycles. The van der Waals surface area contributed by atoms with Crippen molar-refractivity contribution < 1.29 is 14.3 Å². The third-order valence-corrected chi connectivity index (χ3v) is 4.54. The number of Topliss-reactive ketones (excluding diaryl/α,β-unsaturated/α-hetero) is 1. The van der Waals surface area contributed by atoms with Gasteiger partial charge < -0.3 is 9.64 Å². The summed E-state index contributed by atoms with van der Waals surface area (Å²) in [4.78, 5) is 26.3. The minimum Gasteiger partial charge on any atom is -0.493 e. The van der Waals surface area contributed by atoms with Gasteiger partial charge in [-0.3, -0.25) is 9.59 Å². The number of aryl methyl sites for hydroxylation is 1. The fourth-order valence-corrected chi connectivity index (χ4v) is 2.72. The first-order valence-corrected chi connectivity index (χ1v) is 9.29. The van der Waals surface area contributed by atoms with Crippen molar-refractivity contribution in [3.63, 3.8) is 0 Å². The molecule has 144 valence electrons. The molecule has 4 nitrogen and oxygen atoms in total. The van der Waals surface area contributed by atoms with Crippen LogP contribution in [0.5, 0.6) is 5.75 Å². The van der Waals surface area contributed by atoms with Crippen LogP contribution >= 0.6 is 0 Å². The molecule has 0 spiro atoms. The Balaban J connectivity index is 1.85. The van der Waals surface area contributed by atoms with Crippen molar-refractivity contribution in [3.8, 4) is 5.75 Å². The van der Waals surface area contributed by atoms with Gasteiger partial charge in [-0.15, -0.1) is 0 Å². The number of para-hydroxylation sites is 1.